The van der Waals surface area contributed by atoms with E-state index in [0.29, 0.717) is 29.2 Å². The molecule has 1 aliphatic heterocycles. The van der Waals surface area contributed by atoms with Crippen LogP contribution in [0.3, 0.4) is 0 Å². The van der Waals surface area contributed by atoms with Gasteiger partial charge in [-0.25, -0.2) is 0 Å². The molecule has 4 nitrogen and oxygen atoms in total. The topological polar surface area (TPSA) is 47.6 Å². The maximum absolute atomic E-state index is 12.8. The van der Waals surface area contributed by atoms with Gasteiger partial charge in [0.25, 0.3) is 5.91 Å². The van der Waals surface area contributed by atoms with E-state index in [1.165, 1.54) is 13.2 Å². The van der Waals surface area contributed by atoms with Crippen LogP contribution in [-0.2, 0) is 11.0 Å². The first-order chi connectivity index (χ1) is 12.8. The molecule has 1 heterocycles. The molecule has 1 N–H and O–H groups in total. The number of hydrogen-bond acceptors (Lipinski definition) is 3. The summed E-state index contributed by atoms with van der Waals surface area (Å²) in [5.41, 5.74) is 0.669. The highest BCUT2D eigenvalue weighted by Crippen LogP contribution is 2.39. The Bertz CT molecular complexity index is 933. The Labute approximate surface area is 153 Å². The number of amides is 1. The lowest BCUT2D eigenvalue weighted by atomic mass is 10.0. The number of nitrogens with one attached hydrogen (secondary N) is 1. The molecular formula is C20H16F3NO3. The fraction of sp³-hybridized carbons (Fsp3) is 0.150. The molecule has 7 heteroatoms. The minimum absolute atomic E-state index is 0.138. The summed E-state index contributed by atoms with van der Waals surface area (Å²) < 4.78 is 49.3. The van der Waals surface area contributed by atoms with Gasteiger partial charge in [0.1, 0.15) is 6.61 Å². The Morgan fingerprint density at radius 2 is 1.93 bits per heavy atom. The summed E-state index contributed by atoms with van der Waals surface area (Å²) in [6, 6.07) is 8.28. The lowest BCUT2D eigenvalue weighted by molar-refractivity contribution is -0.137. The molecule has 2 aromatic carbocycles. The number of alkyl halides is 3. The van der Waals surface area contributed by atoms with E-state index in [1.807, 2.05) is 0 Å². The molecule has 3 rings (SSSR count). The van der Waals surface area contributed by atoms with Crippen LogP contribution in [0.2, 0.25) is 0 Å². The van der Waals surface area contributed by atoms with Crippen molar-refractivity contribution in [1.82, 2.24) is 0 Å². The maximum atomic E-state index is 12.8. The SMILES string of the molecule is C=CCOc1ccc(/C=C2\C(=O)Nc3cc(C(F)(F)F)ccc32)cc1OC. The number of ether oxygens (including phenoxy) is 2. The predicted molar refractivity (Wildman–Crippen MR) is 96.6 cm³/mol. The van der Waals surface area contributed by atoms with Crippen LogP contribution in [0.5, 0.6) is 11.5 Å². The van der Waals surface area contributed by atoms with Gasteiger partial charge >= 0.3 is 6.18 Å². The van der Waals surface area contributed by atoms with Crippen molar-refractivity contribution in [2.24, 2.45) is 0 Å². The highest BCUT2D eigenvalue weighted by atomic mass is 19.4. The fourth-order valence-electron chi connectivity index (χ4n) is 2.72. The summed E-state index contributed by atoms with van der Waals surface area (Å²) in [7, 11) is 1.49. The standard InChI is InChI=1S/C20H16F3NO3/c1-3-8-27-17-7-4-12(10-18(17)26-2)9-15-14-6-5-13(20(21,22)23)11-16(14)24-19(15)25/h3-7,9-11H,1,8H2,2H3,(H,24,25)/b15-9-. The van der Waals surface area contributed by atoms with Crippen molar-refractivity contribution in [3.8, 4) is 11.5 Å². The molecule has 1 aliphatic rings. The van der Waals surface area contributed by atoms with Crippen molar-refractivity contribution in [2.75, 3.05) is 19.0 Å². The molecule has 27 heavy (non-hydrogen) atoms. The average molecular weight is 375 g/mol. The third-order valence-corrected chi connectivity index (χ3v) is 3.99. The summed E-state index contributed by atoms with van der Waals surface area (Å²) in [5.74, 6) is 0.526. The van der Waals surface area contributed by atoms with Gasteiger partial charge in [-0.3, -0.25) is 4.79 Å². The minimum atomic E-state index is -4.47. The zero-order chi connectivity index (χ0) is 19.6. The summed E-state index contributed by atoms with van der Waals surface area (Å²) in [6.07, 6.45) is -1.28. The minimum Gasteiger partial charge on any atom is -0.493 e. The van der Waals surface area contributed by atoms with Crippen molar-refractivity contribution in [3.63, 3.8) is 0 Å². The van der Waals surface area contributed by atoms with E-state index in [-0.39, 0.29) is 11.3 Å². The van der Waals surface area contributed by atoms with Crippen LogP contribution in [0.25, 0.3) is 11.6 Å². The number of benzene rings is 2. The van der Waals surface area contributed by atoms with Crippen molar-refractivity contribution >= 4 is 23.2 Å². The third kappa shape index (κ3) is 3.81. The normalized spacial score (nSPS) is 14.7. The zero-order valence-electron chi connectivity index (χ0n) is 14.4. The molecule has 0 radical (unpaired) electrons. The number of carbonyl (C=O) groups excluding carboxylic acids is 1. The monoisotopic (exact) mass is 375 g/mol. The smallest absolute Gasteiger partial charge is 0.416 e. The van der Waals surface area contributed by atoms with Crippen molar-refractivity contribution in [3.05, 3.63) is 65.7 Å². The molecule has 2 aromatic rings. The molecule has 0 bridgehead atoms. The van der Waals surface area contributed by atoms with Gasteiger partial charge in [0, 0.05) is 16.8 Å². The number of anilines is 1. The van der Waals surface area contributed by atoms with Crippen LogP contribution < -0.4 is 14.8 Å². The van der Waals surface area contributed by atoms with Gasteiger partial charge < -0.3 is 14.8 Å². The van der Waals surface area contributed by atoms with Crippen LogP contribution >= 0.6 is 0 Å². The molecule has 0 atom stereocenters. The number of hydrogen-bond donors (Lipinski definition) is 1. The van der Waals surface area contributed by atoms with Gasteiger partial charge in [-0.2, -0.15) is 13.2 Å². The summed E-state index contributed by atoms with van der Waals surface area (Å²) in [5, 5.41) is 2.47. The van der Waals surface area contributed by atoms with E-state index < -0.39 is 17.6 Å². The largest absolute Gasteiger partial charge is 0.493 e. The Balaban J connectivity index is 1.97. The van der Waals surface area contributed by atoms with E-state index in [1.54, 1.807) is 30.4 Å². The van der Waals surface area contributed by atoms with Gasteiger partial charge in [-0.15, -0.1) is 0 Å². The quantitative estimate of drug-likeness (QED) is 0.605. The number of methoxy groups -OCH3 is 1. The first-order valence-electron chi connectivity index (χ1n) is 8.00. The van der Waals surface area contributed by atoms with Crippen LogP contribution in [0, 0.1) is 0 Å². The summed E-state index contributed by atoms with van der Waals surface area (Å²) >= 11 is 0. The molecule has 140 valence electrons. The van der Waals surface area contributed by atoms with Gasteiger partial charge in [-0.1, -0.05) is 24.8 Å². The van der Waals surface area contributed by atoms with Crippen LogP contribution in [0.15, 0.2) is 49.1 Å². The summed E-state index contributed by atoms with van der Waals surface area (Å²) in [4.78, 5) is 12.2. The Hall–Kier alpha value is -3.22. The lowest BCUT2D eigenvalue weighted by Gasteiger charge is -2.10. The molecule has 0 saturated carbocycles. The van der Waals surface area contributed by atoms with E-state index >= 15 is 0 Å². The number of halogens is 3. The van der Waals surface area contributed by atoms with Crippen LogP contribution in [-0.4, -0.2) is 19.6 Å². The third-order valence-electron chi connectivity index (χ3n) is 3.99. The molecule has 0 aromatic heterocycles. The Kier molecular flexibility index (Phi) is 4.94. The highest BCUT2D eigenvalue weighted by molar-refractivity contribution is 6.34. The second-order valence-electron chi connectivity index (χ2n) is 5.78. The molecule has 1 amide bonds. The summed E-state index contributed by atoms with van der Waals surface area (Å²) in [6.45, 7) is 3.89. The Morgan fingerprint density at radius 1 is 1.15 bits per heavy atom. The van der Waals surface area contributed by atoms with E-state index in [4.69, 9.17) is 9.47 Å². The second-order valence-corrected chi connectivity index (χ2v) is 5.78. The van der Waals surface area contributed by atoms with Gasteiger partial charge in [0.15, 0.2) is 11.5 Å². The molecule has 0 aliphatic carbocycles. The van der Waals surface area contributed by atoms with Crippen molar-refractivity contribution in [1.29, 1.82) is 0 Å². The van der Waals surface area contributed by atoms with Gasteiger partial charge in [0.05, 0.1) is 12.7 Å². The van der Waals surface area contributed by atoms with Crippen molar-refractivity contribution < 1.29 is 27.4 Å². The predicted octanol–water partition coefficient (Wildman–Crippen LogP) is 4.77. The van der Waals surface area contributed by atoms with E-state index in [0.717, 1.165) is 12.1 Å². The lowest BCUT2D eigenvalue weighted by Crippen LogP contribution is -2.06. The van der Waals surface area contributed by atoms with E-state index in [2.05, 4.69) is 11.9 Å². The van der Waals surface area contributed by atoms with Crippen LogP contribution in [0.1, 0.15) is 16.7 Å². The average Bonchev–Trinajstić information content (AvgIpc) is 2.94. The number of fused-ring (bicyclic) bond motifs is 1. The molecule has 0 fully saturated rings. The van der Waals surface area contributed by atoms with Crippen molar-refractivity contribution in [2.45, 2.75) is 6.18 Å². The molecule has 0 spiro atoms. The molecular weight excluding hydrogens is 359 g/mol. The number of carbonyl (C=O) groups is 1. The van der Waals surface area contributed by atoms with Gasteiger partial charge in [0.2, 0.25) is 0 Å². The zero-order valence-corrected chi connectivity index (χ0v) is 14.4. The molecule has 0 saturated heterocycles. The van der Waals surface area contributed by atoms with Gasteiger partial charge in [-0.05, 0) is 35.9 Å². The first-order valence-corrected chi connectivity index (χ1v) is 8.00. The highest BCUT2D eigenvalue weighted by Gasteiger charge is 2.33. The first kappa shape index (κ1) is 18.6. The second kappa shape index (κ2) is 7.19. The Morgan fingerprint density at radius 3 is 2.59 bits per heavy atom. The van der Waals surface area contributed by atoms with E-state index in [9.17, 15) is 18.0 Å². The molecule has 0 unspecified atom stereocenters. The fourth-order valence-corrected chi connectivity index (χ4v) is 2.72. The maximum Gasteiger partial charge on any atom is 0.416 e. The number of rotatable bonds is 5. The van der Waals surface area contributed by atoms with Crippen LogP contribution in [0.4, 0.5) is 18.9 Å².